The fourth-order valence-electron chi connectivity index (χ4n) is 1.46. The van der Waals surface area contributed by atoms with E-state index in [1.54, 1.807) is 0 Å². The average Bonchev–Trinajstić information content (AvgIpc) is 2.23. The zero-order chi connectivity index (χ0) is 14.1. The fraction of sp³-hybridized carbons (Fsp3) is 0.300. The van der Waals surface area contributed by atoms with Gasteiger partial charge in [-0.3, -0.25) is 4.79 Å². The van der Waals surface area contributed by atoms with Crippen molar-refractivity contribution in [1.82, 2.24) is 0 Å². The molecule has 1 rings (SSSR count). The molecule has 0 fully saturated rings. The molecular weight excluding hydrogens is 268 g/mol. The minimum atomic E-state index is -3.92. The summed E-state index contributed by atoms with van der Waals surface area (Å²) in [4.78, 5) is 9.97. The summed E-state index contributed by atoms with van der Waals surface area (Å²) >= 11 is 0. The molecule has 1 aromatic carbocycles. The lowest BCUT2D eigenvalue weighted by Crippen LogP contribution is -2.23. The molecule has 1 unspecified atom stereocenters. The molecule has 0 aliphatic rings. The summed E-state index contributed by atoms with van der Waals surface area (Å²) in [6, 6.07) is 1.75. The van der Waals surface area contributed by atoms with Gasteiger partial charge in [-0.15, -0.1) is 0 Å². The Hall–Kier alpha value is -1.54. The van der Waals surface area contributed by atoms with E-state index < -0.39 is 50.4 Å². The highest BCUT2D eigenvalue weighted by atomic mass is 32.2. The monoisotopic (exact) mass is 279 g/mol. The van der Waals surface area contributed by atoms with Crippen LogP contribution in [0.25, 0.3) is 0 Å². The van der Waals surface area contributed by atoms with E-state index in [1.807, 2.05) is 0 Å². The lowest BCUT2D eigenvalue weighted by atomic mass is 9.99. The molecule has 8 heteroatoms. The molecule has 100 valence electrons. The second-order valence-corrected chi connectivity index (χ2v) is 5.66. The number of carboxylic acids is 1. The number of carbonyl (C=O) groups is 1. The maximum atomic E-state index is 13.6. The predicted octanol–water partition coefficient (Wildman–Crippen LogP) is 0.495. The number of hydrogen-bond donors (Lipinski definition) is 2. The number of benzene rings is 1. The Morgan fingerprint density at radius 2 is 1.94 bits per heavy atom. The summed E-state index contributed by atoms with van der Waals surface area (Å²) in [7, 11) is -3.92. The first-order valence-electron chi connectivity index (χ1n) is 4.81. The zero-order valence-corrected chi connectivity index (χ0v) is 10.2. The van der Waals surface area contributed by atoms with Crippen molar-refractivity contribution in [3.05, 3.63) is 29.3 Å². The third-order valence-electron chi connectivity index (χ3n) is 2.39. The molecule has 0 radical (unpaired) electrons. The molecule has 0 aliphatic heterocycles. The summed E-state index contributed by atoms with van der Waals surface area (Å²) in [5.74, 6) is -5.93. The minimum absolute atomic E-state index is 0.427. The molecule has 0 aliphatic carbocycles. The Labute approximate surface area is 102 Å². The maximum Gasteiger partial charge on any atom is 0.312 e. The quantitative estimate of drug-likeness (QED) is 0.836. The predicted molar refractivity (Wildman–Crippen MR) is 58.9 cm³/mol. The van der Waals surface area contributed by atoms with Crippen molar-refractivity contribution in [2.24, 2.45) is 5.73 Å². The van der Waals surface area contributed by atoms with Crippen molar-refractivity contribution in [3.63, 3.8) is 0 Å². The van der Waals surface area contributed by atoms with Crippen LogP contribution >= 0.6 is 0 Å². The van der Waals surface area contributed by atoms with Crippen LogP contribution in [0.15, 0.2) is 17.0 Å². The van der Waals surface area contributed by atoms with E-state index in [1.165, 1.54) is 0 Å². The molecular formula is C10H11F2NO4S. The Morgan fingerprint density at radius 3 is 2.33 bits per heavy atom. The smallest absolute Gasteiger partial charge is 0.312 e. The van der Waals surface area contributed by atoms with Crippen LogP contribution in [0, 0.1) is 11.6 Å². The lowest BCUT2D eigenvalue weighted by Gasteiger charge is -2.12. The normalized spacial score (nSPS) is 13.3. The van der Waals surface area contributed by atoms with Crippen molar-refractivity contribution < 1.29 is 27.1 Å². The van der Waals surface area contributed by atoms with Crippen molar-refractivity contribution in [3.8, 4) is 0 Å². The van der Waals surface area contributed by atoms with Crippen molar-refractivity contribution in [2.45, 2.75) is 10.8 Å². The van der Waals surface area contributed by atoms with E-state index in [0.717, 1.165) is 18.4 Å². The molecule has 0 amide bonds. The summed E-state index contributed by atoms with van der Waals surface area (Å²) in [5, 5.41) is 8.78. The Bertz CT molecular complexity index is 586. The van der Waals surface area contributed by atoms with E-state index >= 15 is 0 Å². The molecule has 5 nitrogen and oxygen atoms in total. The summed E-state index contributed by atoms with van der Waals surface area (Å²) in [6.45, 7) is -0.427. The summed E-state index contributed by atoms with van der Waals surface area (Å²) in [6.07, 6.45) is 0.724. The molecule has 0 saturated heterocycles. The molecule has 1 aromatic rings. The van der Waals surface area contributed by atoms with E-state index in [-0.39, 0.29) is 0 Å². The minimum Gasteiger partial charge on any atom is -0.481 e. The van der Waals surface area contributed by atoms with Gasteiger partial charge in [-0.25, -0.2) is 17.2 Å². The molecule has 3 N–H and O–H groups in total. The number of hydrogen-bond acceptors (Lipinski definition) is 4. The van der Waals surface area contributed by atoms with E-state index in [9.17, 15) is 22.0 Å². The van der Waals surface area contributed by atoms with E-state index in [2.05, 4.69) is 0 Å². The van der Waals surface area contributed by atoms with Crippen molar-refractivity contribution in [1.29, 1.82) is 0 Å². The first kappa shape index (κ1) is 14.5. The largest absolute Gasteiger partial charge is 0.481 e. The zero-order valence-electron chi connectivity index (χ0n) is 9.35. The van der Waals surface area contributed by atoms with Crippen LogP contribution in [-0.2, 0) is 14.6 Å². The van der Waals surface area contributed by atoms with Gasteiger partial charge in [-0.2, -0.15) is 0 Å². The molecule has 0 aromatic heterocycles. The first-order chi connectivity index (χ1) is 8.20. The van der Waals surface area contributed by atoms with Gasteiger partial charge in [0.2, 0.25) is 0 Å². The van der Waals surface area contributed by atoms with E-state index in [0.29, 0.717) is 0 Å². The van der Waals surface area contributed by atoms with Gasteiger partial charge in [0.1, 0.15) is 4.90 Å². The van der Waals surface area contributed by atoms with Gasteiger partial charge >= 0.3 is 5.97 Å². The SMILES string of the molecule is CS(=O)(=O)c1ccc(C(CN)C(=O)O)c(F)c1F. The summed E-state index contributed by atoms with van der Waals surface area (Å²) in [5.41, 5.74) is 4.68. The van der Waals surface area contributed by atoms with Crippen molar-refractivity contribution >= 4 is 15.8 Å². The molecule has 1 atom stereocenters. The van der Waals surface area contributed by atoms with Gasteiger partial charge in [-0.1, -0.05) is 6.07 Å². The summed E-state index contributed by atoms with van der Waals surface area (Å²) < 4.78 is 49.4. The topological polar surface area (TPSA) is 97.5 Å². The second kappa shape index (κ2) is 4.99. The highest BCUT2D eigenvalue weighted by molar-refractivity contribution is 7.90. The molecule has 0 bridgehead atoms. The van der Waals surface area contributed by atoms with Crippen molar-refractivity contribution in [2.75, 3.05) is 12.8 Å². The number of aliphatic carboxylic acids is 1. The Morgan fingerprint density at radius 1 is 1.39 bits per heavy atom. The van der Waals surface area contributed by atoms with E-state index in [4.69, 9.17) is 10.8 Å². The lowest BCUT2D eigenvalue weighted by molar-refractivity contribution is -0.138. The van der Waals surface area contributed by atoms with Gasteiger partial charge in [0.05, 0.1) is 5.92 Å². The van der Waals surface area contributed by atoms with Gasteiger partial charge in [-0.05, 0) is 6.07 Å². The molecule has 0 spiro atoms. The van der Waals surface area contributed by atoms with Gasteiger partial charge in [0, 0.05) is 18.4 Å². The second-order valence-electron chi connectivity index (χ2n) is 3.68. The third-order valence-corrected chi connectivity index (χ3v) is 3.50. The number of halogens is 2. The Balaban J connectivity index is 3.46. The van der Waals surface area contributed by atoms with Crippen LogP contribution in [0.2, 0.25) is 0 Å². The average molecular weight is 279 g/mol. The van der Waals surface area contributed by atoms with Gasteiger partial charge in [0.15, 0.2) is 21.5 Å². The van der Waals surface area contributed by atoms with Gasteiger partial charge in [0.25, 0.3) is 0 Å². The number of nitrogens with two attached hydrogens (primary N) is 1. The third kappa shape index (κ3) is 2.65. The number of sulfone groups is 1. The van der Waals surface area contributed by atoms with Crippen LogP contribution < -0.4 is 5.73 Å². The highest BCUT2D eigenvalue weighted by Crippen LogP contribution is 2.25. The standard InChI is InChI=1S/C10H11F2NO4S/c1-18(16,17)7-3-2-5(8(11)9(7)12)6(4-13)10(14)15/h2-3,6H,4,13H2,1H3,(H,14,15). The van der Waals surface area contributed by atoms with Gasteiger partial charge < -0.3 is 10.8 Å². The number of rotatable bonds is 4. The maximum absolute atomic E-state index is 13.6. The van der Waals surface area contributed by atoms with Crippen LogP contribution in [0.5, 0.6) is 0 Å². The highest BCUT2D eigenvalue weighted by Gasteiger charge is 2.27. The molecule has 0 saturated carbocycles. The van der Waals surface area contributed by atoms with Crippen LogP contribution in [0.3, 0.4) is 0 Å². The van der Waals surface area contributed by atoms with Crippen LogP contribution in [0.1, 0.15) is 11.5 Å². The van der Waals surface area contributed by atoms with Crippen LogP contribution in [-0.4, -0.2) is 32.3 Å². The van der Waals surface area contributed by atoms with Crippen LogP contribution in [0.4, 0.5) is 8.78 Å². The number of carboxylic acid groups (broad SMARTS) is 1. The molecule has 18 heavy (non-hydrogen) atoms. The first-order valence-corrected chi connectivity index (χ1v) is 6.70. The molecule has 0 heterocycles. The fourth-order valence-corrected chi connectivity index (χ4v) is 2.19. The Kier molecular flexibility index (Phi) is 4.02.